The van der Waals surface area contributed by atoms with Crippen molar-refractivity contribution in [3.8, 4) is 0 Å². The zero-order chi connectivity index (χ0) is 20.9. The van der Waals surface area contributed by atoms with Gasteiger partial charge in [-0.15, -0.1) is 0 Å². The molecule has 1 N–H and O–H groups in total. The highest BCUT2D eigenvalue weighted by atomic mass is 32.2. The van der Waals surface area contributed by atoms with Crippen LogP contribution in [-0.2, 0) is 14.8 Å². The summed E-state index contributed by atoms with van der Waals surface area (Å²) in [7, 11) is -3.45. The van der Waals surface area contributed by atoms with E-state index in [1.165, 1.54) is 6.08 Å². The van der Waals surface area contributed by atoms with Gasteiger partial charge in [-0.25, -0.2) is 8.42 Å². The van der Waals surface area contributed by atoms with E-state index in [0.29, 0.717) is 18.0 Å². The van der Waals surface area contributed by atoms with E-state index in [0.717, 1.165) is 48.1 Å². The van der Waals surface area contributed by atoms with Crippen molar-refractivity contribution in [2.24, 2.45) is 0 Å². The first-order chi connectivity index (χ1) is 13.9. The third-order valence-corrected chi connectivity index (χ3v) is 7.07. The fourth-order valence-electron chi connectivity index (χ4n) is 3.40. The number of nitrogens with zero attached hydrogens (tertiary/aromatic N) is 1. The van der Waals surface area contributed by atoms with Crippen LogP contribution in [0.1, 0.15) is 42.4 Å². The van der Waals surface area contributed by atoms with Crippen LogP contribution in [0.2, 0.25) is 0 Å². The van der Waals surface area contributed by atoms with Gasteiger partial charge in [-0.2, -0.15) is 4.31 Å². The number of aryl methyl sites for hydroxylation is 2. The number of carbonyl (C=O) groups is 1. The molecule has 2 aromatic carbocycles. The van der Waals surface area contributed by atoms with Crippen LogP contribution in [0.5, 0.6) is 0 Å². The van der Waals surface area contributed by atoms with E-state index in [4.69, 9.17) is 0 Å². The van der Waals surface area contributed by atoms with E-state index in [1.807, 2.05) is 32.0 Å². The summed E-state index contributed by atoms with van der Waals surface area (Å²) in [6, 6.07) is 12.6. The van der Waals surface area contributed by atoms with Gasteiger partial charge in [-0.05, 0) is 67.7 Å². The van der Waals surface area contributed by atoms with Crippen LogP contribution >= 0.6 is 0 Å². The maximum Gasteiger partial charge on any atom is 0.248 e. The summed E-state index contributed by atoms with van der Waals surface area (Å²) in [6.45, 7) is 5.10. The molecule has 0 radical (unpaired) electrons. The Labute approximate surface area is 173 Å². The first kappa shape index (κ1) is 21.3. The van der Waals surface area contributed by atoms with Crippen LogP contribution in [-0.4, -0.2) is 31.7 Å². The van der Waals surface area contributed by atoms with Gasteiger partial charge < -0.3 is 5.32 Å². The van der Waals surface area contributed by atoms with E-state index in [9.17, 15) is 13.2 Å². The van der Waals surface area contributed by atoms with E-state index in [2.05, 4.69) is 5.32 Å². The average Bonchev–Trinajstić information content (AvgIpc) is 3.00. The molecular formula is C23H28N2O3S. The molecular weight excluding hydrogens is 384 g/mol. The highest BCUT2D eigenvalue weighted by Gasteiger charge is 2.24. The van der Waals surface area contributed by atoms with Gasteiger partial charge in [0.25, 0.3) is 0 Å². The minimum absolute atomic E-state index is 0.222. The molecule has 6 heteroatoms. The SMILES string of the molecule is Cc1ccc(C)c(NC(=O)/C=C/c2ccc(S(=O)(=O)N3CCCCCC3)cc2)c1. The molecule has 5 nitrogen and oxygen atoms in total. The predicted octanol–water partition coefficient (Wildman–Crippen LogP) is 4.52. The molecule has 154 valence electrons. The Balaban J connectivity index is 1.66. The third kappa shape index (κ3) is 5.55. The number of hydrogen-bond donors (Lipinski definition) is 1. The Morgan fingerprint density at radius 3 is 2.28 bits per heavy atom. The molecule has 1 fully saturated rings. The number of nitrogens with one attached hydrogen (secondary N) is 1. The number of anilines is 1. The molecule has 0 aliphatic carbocycles. The Bertz CT molecular complexity index is 987. The Hall–Kier alpha value is -2.44. The first-order valence-electron chi connectivity index (χ1n) is 10.0. The average molecular weight is 413 g/mol. The standard InChI is InChI=1S/C23H28N2O3S/c1-18-7-8-19(2)22(17-18)24-23(26)14-11-20-9-12-21(13-10-20)29(27,28)25-15-5-3-4-6-16-25/h7-14,17H,3-6,15-16H2,1-2H3,(H,24,26)/b14-11+. The number of rotatable bonds is 5. The minimum Gasteiger partial charge on any atom is -0.322 e. The maximum atomic E-state index is 12.8. The topological polar surface area (TPSA) is 66.5 Å². The van der Waals surface area contributed by atoms with Gasteiger partial charge in [-0.1, -0.05) is 37.1 Å². The molecule has 0 saturated carbocycles. The third-order valence-electron chi connectivity index (χ3n) is 5.16. The van der Waals surface area contributed by atoms with E-state index < -0.39 is 10.0 Å². The largest absolute Gasteiger partial charge is 0.322 e. The van der Waals surface area contributed by atoms with Crippen LogP contribution < -0.4 is 5.32 Å². The second-order valence-corrected chi connectivity index (χ2v) is 9.47. The van der Waals surface area contributed by atoms with Crippen LogP contribution in [0, 0.1) is 13.8 Å². The Morgan fingerprint density at radius 2 is 1.62 bits per heavy atom. The van der Waals surface area contributed by atoms with Crippen LogP contribution in [0.15, 0.2) is 53.4 Å². The van der Waals surface area contributed by atoms with Crippen LogP contribution in [0.4, 0.5) is 5.69 Å². The predicted molar refractivity (Wildman–Crippen MR) is 117 cm³/mol. The molecule has 1 heterocycles. The zero-order valence-corrected chi connectivity index (χ0v) is 17.8. The summed E-state index contributed by atoms with van der Waals surface area (Å²) >= 11 is 0. The Morgan fingerprint density at radius 1 is 0.966 bits per heavy atom. The van der Waals surface area contributed by atoms with Crippen LogP contribution in [0.3, 0.4) is 0 Å². The van der Waals surface area contributed by atoms with E-state index >= 15 is 0 Å². The summed E-state index contributed by atoms with van der Waals surface area (Å²) < 4.78 is 27.2. The molecule has 1 aliphatic heterocycles. The first-order valence-corrected chi connectivity index (χ1v) is 11.5. The molecule has 0 unspecified atom stereocenters. The maximum absolute atomic E-state index is 12.8. The van der Waals surface area contributed by atoms with Gasteiger partial charge in [0.05, 0.1) is 4.90 Å². The van der Waals surface area contributed by atoms with Crippen molar-refractivity contribution < 1.29 is 13.2 Å². The molecule has 2 aromatic rings. The second kappa shape index (κ2) is 9.37. The van der Waals surface area contributed by atoms with Gasteiger partial charge in [-0.3, -0.25) is 4.79 Å². The lowest BCUT2D eigenvalue weighted by atomic mass is 10.1. The van der Waals surface area contributed by atoms with E-state index in [-0.39, 0.29) is 5.91 Å². The highest BCUT2D eigenvalue weighted by Crippen LogP contribution is 2.21. The van der Waals surface area contributed by atoms with Crippen molar-refractivity contribution in [2.45, 2.75) is 44.4 Å². The van der Waals surface area contributed by atoms with E-state index in [1.54, 1.807) is 34.6 Å². The molecule has 1 saturated heterocycles. The van der Waals surface area contributed by atoms with Gasteiger partial charge in [0.15, 0.2) is 0 Å². The highest BCUT2D eigenvalue weighted by molar-refractivity contribution is 7.89. The lowest BCUT2D eigenvalue weighted by Crippen LogP contribution is -2.31. The summed E-state index contributed by atoms with van der Waals surface area (Å²) in [5.74, 6) is -0.222. The molecule has 0 aromatic heterocycles. The molecule has 0 atom stereocenters. The number of hydrogen-bond acceptors (Lipinski definition) is 3. The quantitative estimate of drug-likeness (QED) is 0.734. The fraction of sp³-hybridized carbons (Fsp3) is 0.348. The Kier molecular flexibility index (Phi) is 6.87. The molecule has 0 bridgehead atoms. The van der Waals surface area contributed by atoms with Crippen LogP contribution in [0.25, 0.3) is 6.08 Å². The normalized spacial score (nSPS) is 15.9. The lowest BCUT2D eigenvalue weighted by Gasteiger charge is -2.19. The van der Waals surface area contributed by atoms with Crippen molar-refractivity contribution in [3.05, 3.63) is 65.2 Å². The van der Waals surface area contributed by atoms with Crippen molar-refractivity contribution >= 4 is 27.7 Å². The smallest absolute Gasteiger partial charge is 0.248 e. The van der Waals surface area contributed by atoms with Crippen molar-refractivity contribution in [2.75, 3.05) is 18.4 Å². The zero-order valence-electron chi connectivity index (χ0n) is 17.0. The minimum atomic E-state index is -3.45. The summed E-state index contributed by atoms with van der Waals surface area (Å²) in [6.07, 6.45) is 7.13. The van der Waals surface area contributed by atoms with Crippen molar-refractivity contribution in [3.63, 3.8) is 0 Å². The van der Waals surface area contributed by atoms with Crippen molar-refractivity contribution in [1.29, 1.82) is 0 Å². The molecule has 3 rings (SSSR count). The molecule has 0 spiro atoms. The van der Waals surface area contributed by atoms with Gasteiger partial charge >= 0.3 is 0 Å². The molecule has 29 heavy (non-hydrogen) atoms. The molecule has 1 aliphatic rings. The van der Waals surface area contributed by atoms with Crippen molar-refractivity contribution in [1.82, 2.24) is 4.31 Å². The summed E-state index contributed by atoms with van der Waals surface area (Å²) in [5, 5.41) is 2.88. The number of carbonyl (C=O) groups excluding carboxylic acids is 1. The second-order valence-electron chi connectivity index (χ2n) is 7.53. The molecule has 1 amide bonds. The number of sulfonamides is 1. The summed E-state index contributed by atoms with van der Waals surface area (Å²) in [4.78, 5) is 12.5. The van der Waals surface area contributed by atoms with Gasteiger partial charge in [0.1, 0.15) is 0 Å². The van der Waals surface area contributed by atoms with Gasteiger partial charge in [0.2, 0.25) is 15.9 Å². The van der Waals surface area contributed by atoms with Gasteiger partial charge in [0, 0.05) is 24.9 Å². The monoisotopic (exact) mass is 412 g/mol. The fourth-order valence-corrected chi connectivity index (χ4v) is 4.92. The lowest BCUT2D eigenvalue weighted by molar-refractivity contribution is -0.111. The number of amides is 1. The number of benzene rings is 2. The summed E-state index contributed by atoms with van der Waals surface area (Å²) in [5.41, 5.74) is 3.64.